The number of piperidine rings is 1. The summed E-state index contributed by atoms with van der Waals surface area (Å²) in [5, 5.41) is 9.30. The van der Waals surface area contributed by atoms with Gasteiger partial charge >= 0.3 is 12.1 Å². The Morgan fingerprint density at radius 2 is 1.88 bits per heavy atom. The number of anilines is 1. The van der Waals surface area contributed by atoms with Crippen LogP contribution in [0.1, 0.15) is 55.2 Å². The molecule has 2 N–H and O–H groups in total. The number of nitriles is 1. The van der Waals surface area contributed by atoms with E-state index in [1.165, 1.54) is 13.3 Å². The van der Waals surface area contributed by atoms with Crippen LogP contribution in [0.25, 0.3) is 5.69 Å². The predicted octanol–water partition coefficient (Wildman–Crippen LogP) is 3.80. The maximum atomic E-state index is 12.2. The normalized spacial score (nSPS) is 14.5. The van der Waals surface area contributed by atoms with Crippen LogP contribution in [0.4, 0.5) is 10.5 Å². The van der Waals surface area contributed by atoms with Crippen molar-refractivity contribution in [2.45, 2.75) is 52.2 Å². The molecule has 0 spiro atoms. The van der Waals surface area contributed by atoms with E-state index < -0.39 is 11.6 Å². The van der Waals surface area contributed by atoms with Gasteiger partial charge in [0.2, 0.25) is 0 Å². The summed E-state index contributed by atoms with van der Waals surface area (Å²) in [6.45, 7) is 8.60. The van der Waals surface area contributed by atoms with Crippen LogP contribution in [0.15, 0.2) is 24.4 Å². The van der Waals surface area contributed by atoms with Crippen molar-refractivity contribution in [3.8, 4) is 17.5 Å². The first-order valence-corrected chi connectivity index (χ1v) is 10.8. The number of methoxy groups -OCH3 is 1. The molecule has 1 amide bonds. The molecule has 33 heavy (non-hydrogen) atoms. The number of aryl methyl sites for hydroxylation is 1. The molecular formula is C24H30N4O5. The van der Waals surface area contributed by atoms with Gasteiger partial charge in [0.25, 0.3) is 0 Å². The van der Waals surface area contributed by atoms with Crippen LogP contribution in [-0.2, 0) is 9.47 Å². The third-order valence-corrected chi connectivity index (χ3v) is 5.37. The Labute approximate surface area is 193 Å². The number of nitrogens with two attached hydrogens (primary N) is 1. The lowest BCUT2D eigenvalue weighted by atomic mass is 10.1. The van der Waals surface area contributed by atoms with Crippen LogP contribution in [0.2, 0.25) is 0 Å². The van der Waals surface area contributed by atoms with Gasteiger partial charge < -0.3 is 29.4 Å². The molecule has 1 saturated heterocycles. The number of benzene rings is 1. The fraction of sp³-hybridized carbons (Fsp3) is 0.458. The van der Waals surface area contributed by atoms with Crippen LogP contribution >= 0.6 is 0 Å². The number of aromatic nitrogens is 1. The first-order valence-electron chi connectivity index (χ1n) is 10.8. The number of hydrogen-bond acceptors (Lipinski definition) is 7. The third-order valence-electron chi connectivity index (χ3n) is 5.37. The number of ether oxygens (including phenoxy) is 3. The average molecular weight is 455 g/mol. The van der Waals surface area contributed by atoms with Crippen molar-refractivity contribution in [2.24, 2.45) is 0 Å². The molecule has 176 valence electrons. The summed E-state index contributed by atoms with van der Waals surface area (Å²) in [4.78, 5) is 26.2. The van der Waals surface area contributed by atoms with E-state index in [0.29, 0.717) is 31.6 Å². The summed E-state index contributed by atoms with van der Waals surface area (Å²) in [5.74, 6) is 0.0958. The summed E-state index contributed by atoms with van der Waals surface area (Å²) in [7, 11) is 1.27. The molecule has 0 saturated carbocycles. The first-order chi connectivity index (χ1) is 15.5. The number of esters is 1. The SMILES string of the molecule is COC(=O)c1c(N)c(C#N)cn1-c1ccc(OC2CCN(C(=O)OC(C)(C)C)CC2)c(C)c1. The van der Waals surface area contributed by atoms with Crippen LogP contribution in [-0.4, -0.2) is 53.4 Å². The molecule has 1 aliphatic rings. The zero-order chi connectivity index (χ0) is 24.3. The zero-order valence-corrected chi connectivity index (χ0v) is 19.7. The number of amides is 1. The first kappa shape index (κ1) is 24.0. The molecule has 2 heterocycles. The number of likely N-dealkylation sites (tertiary alicyclic amines) is 1. The van der Waals surface area contributed by atoms with Gasteiger partial charge in [-0.15, -0.1) is 0 Å². The van der Waals surface area contributed by atoms with Gasteiger partial charge in [-0.25, -0.2) is 9.59 Å². The molecule has 1 fully saturated rings. The van der Waals surface area contributed by atoms with E-state index >= 15 is 0 Å². The topological polar surface area (TPSA) is 120 Å². The van der Waals surface area contributed by atoms with Crippen LogP contribution in [0.5, 0.6) is 5.75 Å². The maximum absolute atomic E-state index is 12.2. The Kier molecular flexibility index (Phi) is 6.86. The van der Waals surface area contributed by atoms with Crippen molar-refractivity contribution in [1.82, 2.24) is 9.47 Å². The van der Waals surface area contributed by atoms with E-state index in [-0.39, 0.29) is 29.1 Å². The average Bonchev–Trinajstić information content (AvgIpc) is 3.10. The molecule has 0 bridgehead atoms. The Morgan fingerprint density at radius 1 is 1.21 bits per heavy atom. The Hall–Kier alpha value is -3.67. The highest BCUT2D eigenvalue weighted by Crippen LogP contribution is 2.29. The third kappa shape index (κ3) is 5.40. The highest BCUT2D eigenvalue weighted by Gasteiger charge is 2.28. The molecule has 2 aromatic rings. The molecule has 3 rings (SSSR count). The standard InChI is InChI=1S/C24H30N4O5/c1-15-12-17(28-14-16(13-25)20(26)21(28)22(29)31-5)6-7-19(15)32-18-8-10-27(11-9-18)23(30)33-24(2,3)4/h6-7,12,14,18H,8-11,26H2,1-5H3. The highest BCUT2D eigenvalue weighted by atomic mass is 16.6. The minimum absolute atomic E-state index is 0.0220. The molecule has 9 heteroatoms. The van der Waals surface area contributed by atoms with E-state index in [2.05, 4.69) is 0 Å². The number of rotatable bonds is 4. The molecule has 0 aliphatic carbocycles. The van der Waals surface area contributed by atoms with E-state index in [4.69, 9.17) is 19.9 Å². The van der Waals surface area contributed by atoms with Crippen LogP contribution < -0.4 is 10.5 Å². The van der Waals surface area contributed by atoms with Gasteiger partial charge in [-0.05, 0) is 51.5 Å². The van der Waals surface area contributed by atoms with Crippen molar-refractivity contribution in [2.75, 3.05) is 25.9 Å². The van der Waals surface area contributed by atoms with Gasteiger partial charge in [0.05, 0.1) is 18.4 Å². The minimum atomic E-state index is -0.622. The molecule has 0 radical (unpaired) electrons. The van der Waals surface area contributed by atoms with Crippen molar-refractivity contribution in [3.05, 3.63) is 41.2 Å². The molecule has 9 nitrogen and oxygen atoms in total. The van der Waals surface area contributed by atoms with Crippen LogP contribution in [0.3, 0.4) is 0 Å². The Balaban J connectivity index is 1.71. The lowest BCUT2D eigenvalue weighted by molar-refractivity contribution is 0.0126. The van der Waals surface area contributed by atoms with Crippen molar-refractivity contribution < 1.29 is 23.8 Å². The van der Waals surface area contributed by atoms with Crippen molar-refractivity contribution in [1.29, 1.82) is 5.26 Å². The fourth-order valence-electron chi connectivity index (χ4n) is 3.70. The number of carbonyl (C=O) groups excluding carboxylic acids is 2. The molecule has 0 unspecified atom stereocenters. The maximum Gasteiger partial charge on any atom is 0.410 e. The van der Waals surface area contributed by atoms with E-state index in [1.54, 1.807) is 15.5 Å². The number of carbonyl (C=O) groups is 2. The number of nitrogens with zero attached hydrogens (tertiary/aromatic N) is 3. The zero-order valence-electron chi connectivity index (χ0n) is 19.7. The van der Waals surface area contributed by atoms with Gasteiger partial charge in [-0.1, -0.05) is 0 Å². The van der Waals surface area contributed by atoms with Gasteiger partial charge in [0, 0.05) is 37.8 Å². The summed E-state index contributed by atoms with van der Waals surface area (Å²) in [5.41, 5.74) is 7.38. The summed E-state index contributed by atoms with van der Waals surface area (Å²) in [6, 6.07) is 7.48. The second-order valence-corrected chi connectivity index (χ2v) is 9.01. The lowest BCUT2D eigenvalue weighted by Crippen LogP contribution is -2.44. The monoisotopic (exact) mass is 454 g/mol. The number of hydrogen-bond donors (Lipinski definition) is 1. The smallest absolute Gasteiger partial charge is 0.410 e. The van der Waals surface area contributed by atoms with E-state index in [1.807, 2.05) is 45.9 Å². The predicted molar refractivity (Wildman–Crippen MR) is 122 cm³/mol. The second kappa shape index (κ2) is 9.45. The van der Waals surface area contributed by atoms with Crippen LogP contribution in [0, 0.1) is 18.3 Å². The van der Waals surface area contributed by atoms with E-state index in [0.717, 1.165) is 11.3 Å². The lowest BCUT2D eigenvalue weighted by Gasteiger charge is -2.33. The molecule has 1 aromatic heterocycles. The van der Waals surface area contributed by atoms with Gasteiger partial charge in [0.1, 0.15) is 23.5 Å². The summed E-state index contributed by atoms with van der Waals surface area (Å²) >= 11 is 0. The molecule has 1 aliphatic heterocycles. The number of nitrogen functional groups attached to an aromatic ring is 1. The second-order valence-electron chi connectivity index (χ2n) is 9.01. The minimum Gasteiger partial charge on any atom is -0.490 e. The highest BCUT2D eigenvalue weighted by molar-refractivity contribution is 5.96. The van der Waals surface area contributed by atoms with Gasteiger partial charge in [0.15, 0.2) is 5.69 Å². The molecule has 0 atom stereocenters. The largest absolute Gasteiger partial charge is 0.490 e. The molecular weight excluding hydrogens is 424 g/mol. The summed E-state index contributed by atoms with van der Waals surface area (Å²) < 4.78 is 18.0. The quantitative estimate of drug-likeness (QED) is 0.698. The van der Waals surface area contributed by atoms with E-state index in [9.17, 15) is 14.9 Å². The van der Waals surface area contributed by atoms with Crippen molar-refractivity contribution >= 4 is 17.7 Å². The van der Waals surface area contributed by atoms with Gasteiger partial charge in [-0.3, -0.25) is 0 Å². The van der Waals surface area contributed by atoms with Crippen molar-refractivity contribution in [3.63, 3.8) is 0 Å². The Bertz CT molecular complexity index is 1090. The fourth-order valence-corrected chi connectivity index (χ4v) is 3.70. The summed E-state index contributed by atoms with van der Waals surface area (Å²) in [6.07, 6.45) is 2.60. The van der Waals surface area contributed by atoms with Gasteiger partial charge in [-0.2, -0.15) is 5.26 Å². The Morgan fingerprint density at radius 3 is 2.42 bits per heavy atom. The molecule has 1 aromatic carbocycles.